The van der Waals surface area contributed by atoms with Gasteiger partial charge in [-0.25, -0.2) is 0 Å². The van der Waals surface area contributed by atoms with E-state index in [1.807, 2.05) is 7.05 Å². The summed E-state index contributed by atoms with van der Waals surface area (Å²) in [5, 5.41) is 3.15. The van der Waals surface area contributed by atoms with E-state index in [4.69, 9.17) is 5.73 Å². The molecule has 4 heteroatoms. The summed E-state index contributed by atoms with van der Waals surface area (Å²) in [6.07, 6.45) is 4.70. The number of nitrogens with one attached hydrogen (secondary N) is 1. The maximum atomic E-state index is 11.9. The molecular formula is C13H27N3O. The SMILES string of the molecule is CC(C)N(C)CC(=O)NC1CCCCC1CN. The molecule has 17 heavy (non-hydrogen) atoms. The quantitative estimate of drug-likeness (QED) is 0.754. The van der Waals surface area contributed by atoms with Gasteiger partial charge in [0, 0.05) is 12.1 Å². The van der Waals surface area contributed by atoms with Gasteiger partial charge in [-0.1, -0.05) is 12.8 Å². The summed E-state index contributed by atoms with van der Waals surface area (Å²) >= 11 is 0. The van der Waals surface area contributed by atoms with E-state index in [1.165, 1.54) is 12.8 Å². The van der Waals surface area contributed by atoms with Gasteiger partial charge in [0.1, 0.15) is 0 Å². The lowest BCUT2D eigenvalue weighted by Gasteiger charge is -2.32. The first-order chi connectivity index (χ1) is 8.04. The van der Waals surface area contributed by atoms with Gasteiger partial charge < -0.3 is 11.1 Å². The Morgan fingerprint density at radius 2 is 2.06 bits per heavy atom. The molecule has 0 aromatic heterocycles. The van der Waals surface area contributed by atoms with E-state index >= 15 is 0 Å². The fraction of sp³-hybridized carbons (Fsp3) is 0.923. The van der Waals surface area contributed by atoms with Crippen LogP contribution in [0, 0.1) is 5.92 Å². The molecule has 1 rings (SSSR count). The van der Waals surface area contributed by atoms with Crippen LogP contribution in [0.4, 0.5) is 0 Å². The zero-order valence-electron chi connectivity index (χ0n) is 11.4. The molecule has 4 nitrogen and oxygen atoms in total. The van der Waals surface area contributed by atoms with E-state index in [2.05, 4.69) is 24.1 Å². The van der Waals surface area contributed by atoms with Crippen LogP contribution in [0.1, 0.15) is 39.5 Å². The highest BCUT2D eigenvalue weighted by molar-refractivity contribution is 5.78. The van der Waals surface area contributed by atoms with Gasteiger partial charge in [-0.15, -0.1) is 0 Å². The number of carbonyl (C=O) groups is 1. The largest absolute Gasteiger partial charge is 0.352 e. The molecule has 1 saturated carbocycles. The molecule has 2 unspecified atom stereocenters. The lowest BCUT2D eigenvalue weighted by molar-refractivity contribution is -0.123. The van der Waals surface area contributed by atoms with Crippen LogP contribution in [0.25, 0.3) is 0 Å². The van der Waals surface area contributed by atoms with E-state index in [1.54, 1.807) is 0 Å². The van der Waals surface area contributed by atoms with Crippen molar-refractivity contribution in [2.45, 2.75) is 51.6 Å². The van der Waals surface area contributed by atoms with E-state index in [9.17, 15) is 4.79 Å². The van der Waals surface area contributed by atoms with Crippen molar-refractivity contribution < 1.29 is 4.79 Å². The highest BCUT2D eigenvalue weighted by Crippen LogP contribution is 2.23. The molecule has 0 spiro atoms. The van der Waals surface area contributed by atoms with Crippen molar-refractivity contribution in [3.8, 4) is 0 Å². The first-order valence-corrected chi connectivity index (χ1v) is 6.74. The summed E-state index contributed by atoms with van der Waals surface area (Å²) in [7, 11) is 1.98. The molecule has 1 aliphatic carbocycles. The number of hydrogen-bond donors (Lipinski definition) is 2. The average molecular weight is 241 g/mol. The van der Waals surface area contributed by atoms with Crippen molar-refractivity contribution in [3.05, 3.63) is 0 Å². The molecule has 1 aliphatic rings. The standard InChI is InChI=1S/C13H27N3O/c1-10(2)16(3)9-13(17)15-12-7-5-4-6-11(12)8-14/h10-12H,4-9,14H2,1-3H3,(H,15,17). The van der Waals surface area contributed by atoms with Crippen LogP contribution in [-0.4, -0.2) is 43.0 Å². The van der Waals surface area contributed by atoms with Crippen molar-refractivity contribution in [1.29, 1.82) is 0 Å². The van der Waals surface area contributed by atoms with Crippen molar-refractivity contribution in [1.82, 2.24) is 10.2 Å². The Bertz CT molecular complexity index is 243. The van der Waals surface area contributed by atoms with Crippen molar-refractivity contribution in [3.63, 3.8) is 0 Å². The van der Waals surface area contributed by atoms with Crippen LogP contribution in [0.5, 0.6) is 0 Å². The van der Waals surface area contributed by atoms with Crippen LogP contribution in [0.15, 0.2) is 0 Å². The highest BCUT2D eigenvalue weighted by atomic mass is 16.2. The van der Waals surface area contributed by atoms with Crippen LogP contribution in [-0.2, 0) is 4.79 Å². The van der Waals surface area contributed by atoms with Gasteiger partial charge in [-0.05, 0) is 46.2 Å². The van der Waals surface area contributed by atoms with Crippen LogP contribution in [0.2, 0.25) is 0 Å². The predicted molar refractivity (Wildman–Crippen MR) is 70.7 cm³/mol. The number of hydrogen-bond acceptors (Lipinski definition) is 3. The van der Waals surface area contributed by atoms with E-state index in [-0.39, 0.29) is 5.91 Å². The maximum absolute atomic E-state index is 11.9. The van der Waals surface area contributed by atoms with E-state index in [0.717, 1.165) is 12.8 Å². The van der Waals surface area contributed by atoms with Gasteiger partial charge >= 0.3 is 0 Å². The summed E-state index contributed by atoms with van der Waals surface area (Å²) in [4.78, 5) is 13.9. The highest BCUT2D eigenvalue weighted by Gasteiger charge is 2.25. The Balaban J connectivity index is 2.38. The molecule has 0 heterocycles. The van der Waals surface area contributed by atoms with Gasteiger partial charge in [0.25, 0.3) is 0 Å². The third-order valence-corrected chi connectivity index (χ3v) is 3.83. The normalized spacial score (nSPS) is 25.3. The summed E-state index contributed by atoms with van der Waals surface area (Å²) in [6.45, 7) is 5.35. The van der Waals surface area contributed by atoms with Gasteiger partial charge in [0.15, 0.2) is 0 Å². The Labute approximate surface area is 105 Å². The minimum absolute atomic E-state index is 0.131. The van der Waals surface area contributed by atoms with Crippen molar-refractivity contribution >= 4 is 5.91 Å². The molecule has 0 aromatic carbocycles. The third-order valence-electron chi connectivity index (χ3n) is 3.83. The van der Waals surface area contributed by atoms with Crippen molar-refractivity contribution in [2.75, 3.05) is 20.1 Å². The second kappa shape index (κ2) is 6.97. The second-order valence-electron chi connectivity index (χ2n) is 5.46. The zero-order valence-corrected chi connectivity index (χ0v) is 11.4. The molecule has 0 radical (unpaired) electrons. The molecule has 0 aromatic rings. The first kappa shape index (κ1) is 14.5. The fourth-order valence-corrected chi connectivity index (χ4v) is 2.34. The van der Waals surface area contributed by atoms with E-state index < -0.39 is 0 Å². The molecule has 1 fully saturated rings. The first-order valence-electron chi connectivity index (χ1n) is 6.74. The Morgan fingerprint density at radius 1 is 1.41 bits per heavy atom. The smallest absolute Gasteiger partial charge is 0.234 e. The number of likely N-dealkylation sites (N-methyl/N-ethyl adjacent to an activating group) is 1. The molecular weight excluding hydrogens is 214 g/mol. The lowest BCUT2D eigenvalue weighted by Crippen LogP contribution is -2.48. The number of nitrogens with zero attached hydrogens (tertiary/aromatic N) is 1. The Morgan fingerprint density at radius 3 is 2.65 bits per heavy atom. The molecule has 0 aliphatic heterocycles. The topological polar surface area (TPSA) is 58.4 Å². The van der Waals surface area contributed by atoms with Crippen LogP contribution in [0.3, 0.4) is 0 Å². The maximum Gasteiger partial charge on any atom is 0.234 e. The van der Waals surface area contributed by atoms with Crippen LogP contribution < -0.4 is 11.1 Å². The number of rotatable bonds is 5. The minimum atomic E-state index is 0.131. The zero-order chi connectivity index (χ0) is 12.8. The van der Waals surface area contributed by atoms with Gasteiger partial charge in [-0.2, -0.15) is 0 Å². The predicted octanol–water partition coefficient (Wildman–Crippen LogP) is 0.960. The summed E-state index contributed by atoms with van der Waals surface area (Å²) < 4.78 is 0. The molecule has 100 valence electrons. The Hall–Kier alpha value is -0.610. The van der Waals surface area contributed by atoms with Crippen LogP contribution >= 0.6 is 0 Å². The molecule has 3 N–H and O–H groups in total. The third kappa shape index (κ3) is 4.64. The van der Waals surface area contributed by atoms with Gasteiger partial charge in [-0.3, -0.25) is 9.69 Å². The average Bonchev–Trinajstić information content (AvgIpc) is 2.29. The van der Waals surface area contributed by atoms with Gasteiger partial charge in [0.05, 0.1) is 6.54 Å². The van der Waals surface area contributed by atoms with Gasteiger partial charge in [0.2, 0.25) is 5.91 Å². The monoisotopic (exact) mass is 241 g/mol. The molecule has 0 saturated heterocycles. The molecule has 2 atom stereocenters. The Kier molecular flexibility index (Phi) is 5.92. The number of amides is 1. The summed E-state index contributed by atoms with van der Waals surface area (Å²) in [5.41, 5.74) is 5.76. The number of carbonyl (C=O) groups excluding carboxylic acids is 1. The second-order valence-corrected chi connectivity index (χ2v) is 5.46. The summed E-state index contributed by atoms with van der Waals surface area (Å²) in [5.74, 6) is 0.601. The van der Waals surface area contributed by atoms with E-state index in [0.29, 0.717) is 31.1 Å². The number of nitrogens with two attached hydrogens (primary N) is 1. The minimum Gasteiger partial charge on any atom is -0.352 e. The molecule has 0 bridgehead atoms. The van der Waals surface area contributed by atoms with Crippen molar-refractivity contribution in [2.24, 2.45) is 11.7 Å². The lowest BCUT2D eigenvalue weighted by atomic mass is 9.84. The molecule has 1 amide bonds. The fourth-order valence-electron chi connectivity index (χ4n) is 2.34. The summed E-state index contributed by atoms with van der Waals surface area (Å²) in [6, 6.07) is 0.694.